The predicted molar refractivity (Wildman–Crippen MR) is 121 cm³/mol. The van der Waals surface area contributed by atoms with Crippen molar-refractivity contribution < 1.29 is 38.1 Å². The fourth-order valence-corrected chi connectivity index (χ4v) is 3.97. The number of benzene rings is 3. The van der Waals surface area contributed by atoms with Crippen LogP contribution in [0.5, 0.6) is 0 Å². The summed E-state index contributed by atoms with van der Waals surface area (Å²) in [5, 5.41) is 22.0. The van der Waals surface area contributed by atoms with Gasteiger partial charge in [0, 0.05) is 5.92 Å². The van der Waals surface area contributed by atoms with Gasteiger partial charge >= 0.3 is 12.1 Å². The summed E-state index contributed by atoms with van der Waals surface area (Å²) in [4.78, 5) is 35.2. The number of aliphatic hydroxyl groups excluding tert-OH is 1. The number of carboxylic acid groups (broad SMARTS) is 1. The molecule has 3 aromatic carbocycles. The van der Waals surface area contributed by atoms with Gasteiger partial charge in [0.05, 0.1) is 12.2 Å². The molecule has 0 fully saturated rings. The largest absolute Gasteiger partial charge is 0.479 e. The number of carboxylic acids is 1. The van der Waals surface area contributed by atoms with Gasteiger partial charge in [0.1, 0.15) is 18.0 Å². The Morgan fingerprint density at radius 3 is 2.14 bits per heavy atom. The molecule has 1 atom stereocenters. The normalized spacial score (nSPS) is 12.9. The number of nitrogens with one attached hydrogen (secondary N) is 2. The lowest BCUT2D eigenvalue weighted by molar-refractivity contribution is -0.146. The molecule has 0 spiro atoms. The highest BCUT2D eigenvalue weighted by Crippen LogP contribution is 2.44. The molecule has 1 aliphatic rings. The maximum Gasteiger partial charge on any atom is 0.411 e. The van der Waals surface area contributed by atoms with E-state index >= 15 is 0 Å². The average molecular weight is 482 g/mol. The van der Waals surface area contributed by atoms with Crippen LogP contribution in [0.25, 0.3) is 11.1 Å². The first kappa shape index (κ1) is 23.8. The summed E-state index contributed by atoms with van der Waals surface area (Å²) in [6.45, 7) is -0.805. The second-order valence-electron chi connectivity index (χ2n) is 7.80. The number of ether oxygens (including phenoxy) is 1. The van der Waals surface area contributed by atoms with Gasteiger partial charge in [0.25, 0.3) is 5.91 Å². The zero-order valence-electron chi connectivity index (χ0n) is 18.1. The molecule has 180 valence electrons. The monoisotopic (exact) mass is 482 g/mol. The van der Waals surface area contributed by atoms with E-state index in [2.05, 4.69) is 5.32 Å². The summed E-state index contributed by atoms with van der Waals surface area (Å²) >= 11 is 0. The molecule has 0 saturated heterocycles. The minimum Gasteiger partial charge on any atom is -0.479 e. The maximum atomic E-state index is 14.8. The van der Waals surface area contributed by atoms with Crippen molar-refractivity contribution in [1.82, 2.24) is 5.32 Å². The minimum atomic E-state index is -1.95. The first-order chi connectivity index (χ1) is 16.8. The zero-order chi connectivity index (χ0) is 25.1. The smallest absolute Gasteiger partial charge is 0.411 e. The molecule has 0 saturated carbocycles. The van der Waals surface area contributed by atoms with Crippen molar-refractivity contribution in [2.24, 2.45) is 0 Å². The molecule has 4 rings (SSSR count). The quantitative estimate of drug-likeness (QED) is 0.409. The molecule has 0 aromatic heterocycles. The van der Waals surface area contributed by atoms with Gasteiger partial charge in [-0.3, -0.25) is 10.1 Å². The minimum absolute atomic E-state index is 0.0386. The van der Waals surface area contributed by atoms with Crippen LogP contribution in [0.15, 0.2) is 60.7 Å². The lowest BCUT2D eigenvalue weighted by atomic mass is 9.98. The Morgan fingerprint density at radius 1 is 0.943 bits per heavy atom. The molecule has 0 bridgehead atoms. The van der Waals surface area contributed by atoms with Gasteiger partial charge < -0.3 is 20.3 Å². The second kappa shape index (κ2) is 9.90. The Morgan fingerprint density at radius 2 is 1.54 bits per heavy atom. The molecule has 0 heterocycles. The summed E-state index contributed by atoms with van der Waals surface area (Å²) in [6.07, 6.45) is -2.96. The molecular weight excluding hydrogens is 462 g/mol. The van der Waals surface area contributed by atoms with Gasteiger partial charge in [-0.2, -0.15) is 0 Å². The third kappa shape index (κ3) is 4.82. The second-order valence-corrected chi connectivity index (χ2v) is 7.80. The van der Waals surface area contributed by atoms with E-state index in [4.69, 9.17) is 9.84 Å². The molecule has 0 radical (unpaired) electrons. The van der Waals surface area contributed by atoms with Crippen LogP contribution in [-0.2, 0) is 9.53 Å². The molecule has 1 aliphatic carbocycles. The van der Waals surface area contributed by atoms with Gasteiger partial charge in [-0.15, -0.1) is 0 Å². The van der Waals surface area contributed by atoms with E-state index in [1.165, 1.54) is 0 Å². The average Bonchev–Trinajstić information content (AvgIpc) is 3.16. The van der Waals surface area contributed by atoms with Crippen molar-refractivity contribution in [3.05, 3.63) is 89.0 Å². The van der Waals surface area contributed by atoms with Gasteiger partial charge in [-0.1, -0.05) is 48.5 Å². The SMILES string of the molecule is O=C(Nc1ccc(F)c(C(=O)NC[C@H](O)C(=O)O)c1F)OCC1c2ccccc2-c2ccccc21. The lowest BCUT2D eigenvalue weighted by Gasteiger charge is -2.15. The van der Waals surface area contributed by atoms with E-state index in [9.17, 15) is 28.3 Å². The number of carbonyl (C=O) groups is 3. The van der Waals surface area contributed by atoms with E-state index in [-0.39, 0.29) is 12.5 Å². The highest BCUT2D eigenvalue weighted by molar-refractivity contribution is 5.97. The van der Waals surface area contributed by atoms with Crippen LogP contribution in [0, 0.1) is 11.6 Å². The van der Waals surface area contributed by atoms with Crippen molar-refractivity contribution in [2.75, 3.05) is 18.5 Å². The molecular formula is C25H20F2N2O6. The van der Waals surface area contributed by atoms with Crippen molar-refractivity contribution in [1.29, 1.82) is 0 Å². The van der Waals surface area contributed by atoms with Crippen LogP contribution in [0.2, 0.25) is 0 Å². The number of carbonyl (C=O) groups excluding carboxylic acids is 2. The number of halogens is 2. The Labute approximate surface area is 198 Å². The Bertz CT molecular complexity index is 1270. The molecule has 2 amide bonds. The summed E-state index contributed by atoms with van der Waals surface area (Å²) in [6, 6.07) is 17.1. The van der Waals surface area contributed by atoms with Gasteiger partial charge in [-0.25, -0.2) is 18.4 Å². The van der Waals surface area contributed by atoms with Crippen LogP contribution in [0.4, 0.5) is 19.3 Å². The number of hydrogen-bond donors (Lipinski definition) is 4. The number of amides is 2. The first-order valence-electron chi connectivity index (χ1n) is 10.6. The van der Waals surface area contributed by atoms with Gasteiger partial charge in [0.2, 0.25) is 0 Å². The molecule has 8 nitrogen and oxygen atoms in total. The van der Waals surface area contributed by atoms with E-state index < -0.39 is 53.5 Å². The van der Waals surface area contributed by atoms with Crippen LogP contribution >= 0.6 is 0 Å². The highest BCUT2D eigenvalue weighted by Gasteiger charge is 2.29. The zero-order valence-corrected chi connectivity index (χ0v) is 18.1. The van der Waals surface area contributed by atoms with Gasteiger partial charge in [-0.05, 0) is 34.4 Å². The van der Waals surface area contributed by atoms with E-state index in [0.717, 1.165) is 34.4 Å². The number of fused-ring (bicyclic) bond motifs is 3. The molecule has 10 heteroatoms. The number of hydrogen-bond acceptors (Lipinski definition) is 5. The molecule has 3 aromatic rings. The van der Waals surface area contributed by atoms with Crippen molar-refractivity contribution >= 4 is 23.7 Å². The number of aliphatic hydroxyl groups is 1. The molecule has 4 N–H and O–H groups in total. The summed E-state index contributed by atoms with van der Waals surface area (Å²) < 4.78 is 34.2. The first-order valence-corrected chi connectivity index (χ1v) is 10.6. The summed E-state index contributed by atoms with van der Waals surface area (Å²) in [5.41, 5.74) is 2.48. The standard InChI is InChI=1S/C25H20F2N2O6/c26-18-9-10-19(22(27)21(18)23(31)28-11-20(30)24(32)33)29-25(34)35-12-17-15-7-3-1-5-13(15)14-6-2-4-8-16(14)17/h1-10,17,20,30H,11-12H2,(H,28,31)(H,29,34)(H,32,33)/t20-/m0/s1. The third-order valence-corrected chi connectivity index (χ3v) is 5.64. The van der Waals surface area contributed by atoms with Crippen LogP contribution < -0.4 is 10.6 Å². The summed E-state index contributed by atoms with van der Waals surface area (Å²) in [7, 11) is 0. The van der Waals surface area contributed by atoms with E-state index in [0.29, 0.717) is 0 Å². The Kier molecular flexibility index (Phi) is 6.74. The van der Waals surface area contributed by atoms with Crippen LogP contribution in [0.3, 0.4) is 0 Å². The van der Waals surface area contributed by atoms with E-state index in [1.807, 2.05) is 53.8 Å². The Hall–Kier alpha value is -4.31. The summed E-state index contributed by atoms with van der Waals surface area (Å²) in [5.74, 6) is -5.75. The van der Waals surface area contributed by atoms with Crippen LogP contribution in [0.1, 0.15) is 27.4 Å². The van der Waals surface area contributed by atoms with Crippen molar-refractivity contribution in [2.45, 2.75) is 12.0 Å². The van der Waals surface area contributed by atoms with Crippen molar-refractivity contribution in [3.63, 3.8) is 0 Å². The number of aliphatic carboxylic acids is 1. The van der Waals surface area contributed by atoms with Gasteiger partial charge in [0.15, 0.2) is 11.9 Å². The third-order valence-electron chi connectivity index (χ3n) is 5.64. The fourth-order valence-electron chi connectivity index (χ4n) is 3.97. The molecule has 0 unspecified atom stereocenters. The topological polar surface area (TPSA) is 125 Å². The van der Waals surface area contributed by atoms with E-state index in [1.54, 1.807) is 0 Å². The molecule has 35 heavy (non-hydrogen) atoms. The predicted octanol–water partition coefficient (Wildman–Crippen LogP) is 3.50. The number of anilines is 1. The number of rotatable bonds is 7. The van der Waals surface area contributed by atoms with Crippen molar-refractivity contribution in [3.8, 4) is 11.1 Å². The highest BCUT2D eigenvalue weighted by atomic mass is 19.1. The Balaban J connectivity index is 1.45. The van der Waals surface area contributed by atoms with Crippen LogP contribution in [-0.4, -0.2) is 47.4 Å². The fraction of sp³-hybridized carbons (Fsp3) is 0.160. The molecule has 0 aliphatic heterocycles. The maximum absolute atomic E-state index is 14.8. The lowest BCUT2D eigenvalue weighted by Crippen LogP contribution is -2.37.